The molecular weight excluding hydrogens is 422 g/mol. The van der Waals surface area contributed by atoms with Gasteiger partial charge >= 0.3 is 5.97 Å². The van der Waals surface area contributed by atoms with Crippen LogP contribution in [0.15, 0.2) is 47.2 Å². The summed E-state index contributed by atoms with van der Waals surface area (Å²) in [4.78, 5) is 21.9. The first-order valence-corrected chi connectivity index (χ1v) is 10.5. The Morgan fingerprint density at radius 2 is 2.12 bits per heavy atom. The monoisotopic (exact) mass is 447 g/mol. The van der Waals surface area contributed by atoms with Crippen LogP contribution < -0.4 is 11.1 Å². The fourth-order valence-corrected chi connectivity index (χ4v) is 3.54. The lowest BCUT2D eigenvalue weighted by molar-refractivity contribution is -0.141. The number of nitrogens with one attached hydrogen (secondary N) is 1. The molecule has 0 saturated heterocycles. The molecule has 0 aliphatic carbocycles. The van der Waals surface area contributed by atoms with Crippen molar-refractivity contribution in [1.29, 1.82) is 0 Å². The van der Waals surface area contributed by atoms with Gasteiger partial charge < -0.3 is 25.5 Å². The molecule has 4 rings (SSSR count). The Hall–Kier alpha value is -4.05. The van der Waals surface area contributed by atoms with E-state index in [0.29, 0.717) is 23.7 Å². The smallest absolute Gasteiger partial charge is 0.326 e. The summed E-state index contributed by atoms with van der Waals surface area (Å²) in [5, 5.41) is 20.8. The minimum Gasteiger partial charge on any atom is -0.480 e. The highest BCUT2D eigenvalue weighted by molar-refractivity contribution is 5.77. The van der Waals surface area contributed by atoms with Crippen molar-refractivity contribution in [3.8, 4) is 23.0 Å². The molecule has 0 amide bonds. The van der Waals surface area contributed by atoms with E-state index in [0.717, 1.165) is 23.2 Å². The Balaban J connectivity index is 1.65. The quantitative estimate of drug-likeness (QED) is 0.494. The molecule has 33 heavy (non-hydrogen) atoms. The second-order valence-corrected chi connectivity index (χ2v) is 7.78. The van der Waals surface area contributed by atoms with Crippen molar-refractivity contribution in [2.75, 3.05) is 19.3 Å². The summed E-state index contributed by atoms with van der Waals surface area (Å²) < 4.78 is 5.90. The van der Waals surface area contributed by atoms with Crippen LogP contribution in [0.1, 0.15) is 23.7 Å². The Bertz CT molecular complexity index is 1250. The maximum atomic E-state index is 11.3. The molecule has 1 aromatic carbocycles. The van der Waals surface area contributed by atoms with Crippen LogP contribution in [0, 0.1) is 6.92 Å². The molecule has 1 unspecified atom stereocenters. The normalized spacial score (nSPS) is 14.3. The predicted molar refractivity (Wildman–Crippen MR) is 124 cm³/mol. The zero-order valence-electron chi connectivity index (χ0n) is 18.6. The summed E-state index contributed by atoms with van der Waals surface area (Å²) in [6, 6.07) is 5.34. The topological polar surface area (TPSA) is 143 Å². The van der Waals surface area contributed by atoms with Crippen LogP contribution in [-0.4, -0.2) is 55.8 Å². The lowest BCUT2D eigenvalue weighted by Crippen LogP contribution is -2.36. The van der Waals surface area contributed by atoms with Gasteiger partial charge in [0, 0.05) is 30.4 Å². The molecule has 3 aromatic rings. The van der Waals surface area contributed by atoms with Crippen LogP contribution in [0.2, 0.25) is 0 Å². The van der Waals surface area contributed by atoms with E-state index in [1.165, 1.54) is 6.20 Å². The van der Waals surface area contributed by atoms with Crippen LogP contribution in [0.5, 0.6) is 0 Å². The van der Waals surface area contributed by atoms with Gasteiger partial charge in [0.1, 0.15) is 6.04 Å². The minimum atomic E-state index is -0.905. The molecule has 0 fully saturated rings. The summed E-state index contributed by atoms with van der Waals surface area (Å²) >= 11 is 0. The number of allylic oxidation sites excluding steroid dienone is 2. The molecule has 10 nitrogen and oxygen atoms in total. The number of benzene rings is 1. The molecule has 10 heteroatoms. The number of aryl methyl sites for hydroxylation is 1. The molecule has 4 N–H and O–H groups in total. The zero-order valence-corrected chi connectivity index (χ0v) is 18.6. The average Bonchev–Trinajstić information content (AvgIpc) is 3.29. The number of aromatic nitrogens is 4. The fourth-order valence-electron chi connectivity index (χ4n) is 3.54. The van der Waals surface area contributed by atoms with Crippen molar-refractivity contribution in [3.05, 3.63) is 59.6 Å². The first-order valence-electron chi connectivity index (χ1n) is 10.5. The van der Waals surface area contributed by atoms with Gasteiger partial charge in [0.2, 0.25) is 5.89 Å². The highest BCUT2D eigenvalue weighted by atomic mass is 16.4. The maximum Gasteiger partial charge on any atom is 0.326 e. The number of aliphatic carboxylic acids is 1. The lowest BCUT2D eigenvalue weighted by atomic mass is 10.1. The van der Waals surface area contributed by atoms with E-state index in [1.807, 2.05) is 38.3 Å². The third kappa shape index (κ3) is 4.60. The zero-order chi connectivity index (χ0) is 23.5. The molecule has 170 valence electrons. The van der Waals surface area contributed by atoms with Crippen molar-refractivity contribution in [1.82, 2.24) is 30.4 Å². The molecular formula is C23H25N7O3. The van der Waals surface area contributed by atoms with Gasteiger partial charge in [0.15, 0.2) is 11.5 Å². The van der Waals surface area contributed by atoms with E-state index in [2.05, 4.69) is 31.5 Å². The molecule has 0 radical (unpaired) electrons. The highest BCUT2D eigenvalue weighted by Gasteiger charge is 2.22. The molecule has 0 bridgehead atoms. The second-order valence-electron chi connectivity index (χ2n) is 7.78. The van der Waals surface area contributed by atoms with Gasteiger partial charge in [-0.2, -0.15) is 0 Å². The fraction of sp³-hybridized carbons (Fsp3) is 0.261. The van der Waals surface area contributed by atoms with Crippen molar-refractivity contribution in [3.63, 3.8) is 0 Å². The summed E-state index contributed by atoms with van der Waals surface area (Å²) in [7, 11) is 1.90. The number of hydrogen-bond acceptors (Lipinski definition) is 9. The van der Waals surface area contributed by atoms with E-state index in [-0.39, 0.29) is 17.4 Å². The molecule has 1 aliphatic rings. The average molecular weight is 447 g/mol. The Morgan fingerprint density at radius 1 is 1.33 bits per heavy atom. The SMILES string of the molecule is CNCc1ccc(-c2nnc(-c3nc(C4=CN(C(C)C(=O)O)CC=C4)cnc3N)o2)c(C)c1. The van der Waals surface area contributed by atoms with E-state index in [4.69, 9.17) is 10.2 Å². The summed E-state index contributed by atoms with van der Waals surface area (Å²) in [5.74, 6) is -0.223. The summed E-state index contributed by atoms with van der Waals surface area (Å²) in [6.07, 6.45) is 7.02. The molecule has 1 atom stereocenters. The van der Waals surface area contributed by atoms with Gasteiger partial charge in [0.05, 0.1) is 11.9 Å². The van der Waals surface area contributed by atoms with Crippen molar-refractivity contribution in [2.45, 2.75) is 26.4 Å². The number of nitrogens with two attached hydrogens (primary N) is 1. The number of anilines is 1. The predicted octanol–water partition coefficient (Wildman–Crippen LogP) is 2.49. The van der Waals surface area contributed by atoms with Gasteiger partial charge in [-0.15, -0.1) is 10.2 Å². The molecule has 2 aromatic heterocycles. The number of nitrogens with zero attached hydrogens (tertiary/aromatic N) is 5. The van der Waals surface area contributed by atoms with Gasteiger partial charge in [-0.25, -0.2) is 14.8 Å². The number of rotatable bonds is 7. The summed E-state index contributed by atoms with van der Waals surface area (Å²) in [5.41, 5.74) is 10.6. The minimum absolute atomic E-state index is 0.159. The number of hydrogen-bond donors (Lipinski definition) is 3. The first-order chi connectivity index (χ1) is 15.9. The summed E-state index contributed by atoms with van der Waals surface area (Å²) in [6.45, 7) is 4.87. The van der Waals surface area contributed by atoms with Crippen molar-refractivity contribution in [2.24, 2.45) is 0 Å². The second kappa shape index (κ2) is 9.21. The largest absolute Gasteiger partial charge is 0.480 e. The maximum absolute atomic E-state index is 11.3. The van der Waals surface area contributed by atoms with Crippen molar-refractivity contribution < 1.29 is 14.3 Å². The Labute approximate surface area is 190 Å². The Kier molecular flexibility index (Phi) is 6.18. The number of nitrogen functional groups attached to an aromatic ring is 1. The van der Waals surface area contributed by atoms with Gasteiger partial charge in [-0.05, 0) is 38.1 Å². The van der Waals surface area contributed by atoms with E-state index < -0.39 is 12.0 Å². The van der Waals surface area contributed by atoms with E-state index in [9.17, 15) is 9.90 Å². The van der Waals surface area contributed by atoms with Gasteiger partial charge in [-0.1, -0.05) is 24.3 Å². The third-order valence-electron chi connectivity index (χ3n) is 5.40. The molecule has 3 heterocycles. The first kappa shape index (κ1) is 22.2. The van der Waals surface area contributed by atoms with Crippen LogP contribution in [-0.2, 0) is 11.3 Å². The van der Waals surface area contributed by atoms with Crippen LogP contribution in [0.4, 0.5) is 5.82 Å². The third-order valence-corrected chi connectivity index (χ3v) is 5.40. The standard InChI is InChI=1S/C23H25N7O3/c1-13-9-15(10-25-3)6-7-17(13)21-28-29-22(33-21)19-20(24)26-11-18(27-19)16-5-4-8-30(12-16)14(2)23(31)32/h4-7,9,11-12,14,25H,8,10H2,1-3H3,(H2,24,26)(H,31,32). The number of carboxylic acid groups (broad SMARTS) is 1. The van der Waals surface area contributed by atoms with Crippen LogP contribution >= 0.6 is 0 Å². The van der Waals surface area contributed by atoms with E-state index in [1.54, 1.807) is 18.0 Å². The number of carboxylic acids is 1. The molecule has 0 spiro atoms. The number of carbonyl (C=O) groups is 1. The highest BCUT2D eigenvalue weighted by Crippen LogP contribution is 2.29. The van der Waals surface area contributed by atoms with Gasteiger partial charge in [-0.3, -0.25) is 0 Å². The Morgan fingerprint density at radius 3 is 2.85 bits per heavy atom. The lowest BCUT2D eigenvalue weighted by Gasteiger charge is -2.26. The van der Waals surface area contributed by atoms with E-state index >= 15 is 0 Å². The molecule has 1 aliphatic heterocycles. The van der Waals surface area contributed by atoms with Gasteiger partial charge in [0.25, 0.3) is 5.89 Å². The molecule has 0 saturated carbocycles. The van der Waals surface area contributed by atoms with Crippen molar-refractivity contribution >= 4 is 17.4 Å². The van der Waals surface area contributed by atoms with Crippen LogP contribution in [0.25, 0.3) is 28.6 Å². The van der Waals surface area contributed by atoms with Crippen LogP contribution in [0.3, 0.4) is 0 Å².